The van der Waals surface area contributed by atoms with Gasteiger partial charge < -0.3 is 5.32 Å². The Bertz CT molecular complexity index is 330. The molecule has 0 saturated heterocycles. The van der Waals surface area contributed by atoms with E-state index in [2.05, 4.69) is 27.8 Å². The molecule has 1 rings (SSSR count). The van der Waals surface area contributed by atoms with Crippen molar-refractivity contribution in [1.29, 1.82) is 0 Å². The van der Waals surface area contributed by atoms with Crippen molar-refractivity contribution in [3.05, 3.63) is 18.0 Å². The summed E-state index contributed by atoms with van der Waals surface area (Å²) in [5.74, 6) is 5.98. The van der Waals surface area contributed by atoms with Crippen molar-refractivity contribution in [2.45, 2.75) is 19.8 Å². The Morgan fingerprint density at radius 1 is 1.62 bits per heavy atom. The number of nitrogens with two attached hydrogens (primary N) is 1. The van der Waals surface area contributed by atoms with E-state index in [9.17, 15) is 0 Å². The van der Waals surface area contributed by atoms with Crippen LogP contribution in [0.15, 0.2) is 17.3 Å². The standard InChI is InChI=1S/C10H20N6/c1-3-6-12-10(15-11)13-7-4-9-5-8-14-16(9)2/h5,8H,3-4,6-7,11H2,1-2H3,(H2,12,13,15). The largest absolute Gasteiger partial charge is 0.355 e. The highest BCUT2D eigenvalue weighted by Gasteiger charge is 1.99. The Kier molecular flexibility index (Phi) is 5.35. The SMILES string of the molecule is CCCN=C(NN)NCCc1ccnn1C. The predicted molar refractivity (Wildman–Crippen MR) is 64.8 cm³/mol. The van der Waals surface area contributed by atoms with E-state index in [4.69, 9.17) is 5.84 Å². The molecule has 0 unspecified atom stereocenters. The number of guanidine groups is 1. The molecule has 4 N–H and O–H groups in total. The molecule has 0 fully saturated rings. The summed E-state index contributed by atoms with van der Waals surface area (Å²) in [7, 11) is 1.93. The molecule has 0 spiro atoms. The number of aromatic nitrogens is 2. The van der Waals surface area contributed by atoms with E-state index in [1.165, 1.54) is 5.69 Å². The second-order valence-corrected chi connectivity index (χ2v) is 3.50. The molecule has 0 amide bonds. The quantitative estimate of drug-likeness (QED) is 0.280. The summed E-state index contributed by atoms with van der Waals surface area (Å²) in [5.41, 5.74) is 3.73. The van der Waals surface area contributed by atoms with Gasteiger partial charge in [0.15, 0.2) is 0 Å². The molecular weight excluding hydrogens is 204 g/mol. The van der Waals surface area contributed by atoms with Crippen molar-refractivity contribution >= 4 is 5.96 Å². The van der Waals surface area contributed by atoms with Crippen LogP contribution in [-0.4, -0.2) is 28.8 Å². The second kappa shape index (κ2) is 6.84. The molecule has 0 aliphatic carbocycles. The van der Waals surface area contributed by atoms with Gasteiger partial charge in [-0.15, -0.1) is 0 Å². The molecule has 1 heterocycles. The van der Waals surface area contributed by atoms with E-state index in [1.54, 1.807) is 6.20 Å². The molecular formula is C10H20N6. The number of aryl methyl sites for hydroxylation is 1. The molecule has 0 aliphatic heterocycles. The minimum absolute atomic E-state index is 0.643. The summed E-state index contributed by atoms with van der Waals surface area (Å²) in [6.45, 7) is 3.64. The summed E-state index contributed by atoms with van der Waals surface area (Å²) < 4.78 is 1.86. The number of nitrogens with zero attached hydrogens (tertiary/aromatic N) is 3. The first-order valence-electron chi connectivity index (χ1n) is 5.49. The summed E-state index contributed by atoms with van der Waals surface area (Å²) in [4.78, 5) is 4.25. The first kappa shape index (κ1) is 12.5. The highest BCUT2D eigenvalue weighted by atomic mass is 15.3. The van der Waals surface area contributed by atoms with E-state index >= 15 is 0 Å². The van der Waals surface area contributed by atoms with Gasteiger partial charge in [0.05, 0.1) is 0 Å². The molecule has 0 aromatic carbocycles. The minimum atomic E-state index is 0.643. The number of hydrogen-bond acceptors (Lipinski definition) is 3. The van der Waals surface area contributed by atoms with Gasteiger partial charge in [-0.3, -0.25) is 15.1 Å². The van der Waals surface area contributed by atoms with Gasteiger partial charge in [0.25, 0.3) is 0 Å². The number of nitrogens with one attached hydrogen (secondary N) is 2. The lowest BCUT2D eigenvalue weighted by Crippen LogP contribution is -2.42. The normalized spacial score (nSPS) is 11.6. The topological polar surface area (TPSA) is 80.3 Å². The second-order valence-electron chi connectivity index (χ2n) is 3.50. The lowest BCUT2D eigenvalue weighted by atomic mass is 10.3. The monoisotopic (exact) mass is 224 g/mol. The van der Waals surface area contributed by atoms with E-state index in [0.29, 0.717) is 5.96 Å². The van der Waals surface area contributed by atoms with E-state index < -0.39 is 0 Å². The Morgan fingerprint density at radius 3 is 3.00 bits per heavy atom. The van der Waals surface area contributed by atoms with Crippen LogP contribution in [0.1, 0.15) is 19.0 Å². The van der Waals surface area contributed by atoms with Crippen LogP contribution in [-0.2, 0) is 13.5 Å². The molecule has 0 atom stereocenters. The zero-order valence-electron chi connectivity index (χ0n) is 9.90. The molecule has 0 bridgehead atoms. The van der Waals surface area contributed by atoms with Crippen LogP contribution in [0, 0.1) is 0 Å². The molecule has 1 aromatic heterocycles. The average molecular weight is 224 g/mol. The van der Waals surface area contributed by atoms with Crippen molar-refractivity contribution < 1.29 is 0 Å². The maximum Gasteiger partial charge on any atom is 0.205 e. The fourth-order valence-electron chi connectivity index (χ4n) is 1.33. The van der Waals surface area contributed by atoms with Crippen LogP contribution in [0.4, 0.5) is 0 Å². The number of rotatable bonds is 5. The minimum Gasteiger partial charge on any atom is -0.355 e. The van der Waals surface area contributed by atoms with Gasteiger partial charge in [-0.1, -0.05) is 6.92 Å². The maximum absolute atomic E-state index is 5.34. The van der Waals surface area contributed by atoms with Gasteiger partial charge in [0, 0.05) is 38.4 Å². The molecule has 0 aliphatic rings. The highest BCUT2D eigenvalue weighted by Crippen LogP contribution is 1.95. The van der Waals surface area contributed by atoms with Crippen molar-refractivity contribution in [2.75, 3.05) is 13.1 Å². The summed E-state index contributed by atoms with van der Waals surface area (Å²) in [5, 5.41) is 7.24. The number of hydrazine groups is 1. The lowest BCUT2D eigenvalue weighted by molar-refractivity contribution is 0.690. The Balaban J connectivity index is 2.31. The zero-order chi connectivity index (χ0) is 11.8. The molecule has 16 heavy (non-hydrogen) atoms. The predicted octanol–water partition coefficient (Wildman–Crippen LogP) is -0.218. The summed E-state index contributed by atoms with van der Waals surface area (Å²) >= 11 is 0. The molecule has 6 nitrogen and oxygen atoms in total. The van der Waals surface area contributed by atoms with Gasteiger partial charge in [-0.2, -0.15) is 5.10 Å². The van der Waals surface area contributed by atoms with Crippen molar-refractivity contribution in [1.82, 2.24) is 20.5 Å². The maximum atomic E-state index is 5.34. The molecule has 90 valence electrons. The van der Waals surface area contributed by atoms with Gasteiger partial charge >= 0.3 is 0 Å². The Labute approximate surface area is 95.9 Å². The summed E-state index contributed by atoms with van der Waals surface area (Å²) in [6, 6.07) is 2.00. The number of aliphatic imine (C=N–C) groups is 1. The third-order valence-electron chi connectivity index (χ3n) is 2.23. The third kappa shape index (κ3) is 3.90. The van der Waals surface area contributed by atoms with Gasteiger partial charge in [0.2, 0.25) is 5.96 Å². The Morgan fingerprint density at radius 2 is 2.44 bits per heavy atom. The van der Waals surface area contributed by atoms with Crippen LogP contribution in [0.25, 0.3) is 0 Å². The van der Waals surface area contributed by atoms with Gasteiger partial charge in [0.1, 0.15) is 0 Å². The fraction of sp³-hybridized carbons (Fsp3) is 0.600. The first-order chi connectivity index (χ1) is 7.77. The Hall–Kier alpha value is -1.56. The van der Waals surface area contributed by atoms with Crippen LogP contribution in [0.2, 0.25) is 0 Å². The third-order valence-corrected chi connectivity index (χ3v) is 2.23. The zero-order valence-corrected chi connectivity index (χ0v) is 9.90. The lowest BCUT2D eigenvalue weighted by Gasteiger charge is -2.08. The van der Waals surface area contributed by atoms with Crippen molar-refractivity contribution in [2.24, 2.45) is 17.9 Å². The van der Waals surface area contributed by atoms with Gasteiger partial charge in [-0.25, -0.2) is 5.84 Å². The highest BCUT2D eigenvalue weighted by molar-refractivity contribution is 5.79. The molecule has 0 radical (unpaired) electrons. The van der Waals surface area contributed by atoms with E-state index in [0.717, 1.165) is 25.9 Å². The summed E-state index contributed by atoms with van der Waals surface area (Å²) in [6.07, 6.45) is 3.69. The van der Waals surface area contributed by atoms with Crippen LogP contribution in [0.5, 0.6) is 0 Å². The van der Waals surface area contributed by atoms with E-state index in [-0.39, 0.29) is 0 Å². The van der Waals surface area contributed by atoms with Crippen LogP contribution >= 0.6 is 0 Å². The fourth-order valence-corrected chi connectivity index (χ4v) is 1.33. The first-order valence-corrected chi connectivity index (χ1v) is 5.49. The van der Waals surface area contributed by atoms with E-state index in [1.807, 2.05) is 17.8 Å². The molecule has 0 saturated carbocycles. The smallest absolute Gasteiger partial charge is 0.205 e. The average Bonchev–Trinajstić information content (AvgIpc) is 2.69. The van der Waals surface area contributed by atoms with Crippen molar-refractivity contribution in [3.8, 4) is 0 Å². The number of hydrogen-bond donors (Lipinski definition) is 3. The molecule has 6 heteroatoms. The van der Waals surface area contributed by atoms with Gasteiger partial charge in [-0.05, 0) is 12.5 Å². The van der Waals surface area contributed by atoms with Crippen LogP contribution in [0.3, 0.4) is 0 Å². The van der Waals surface area contributed by atoms with Crippen molar-refractivity contribution in [3.63, 3.8) is 0 Å². The molecule has 1 aromatic rings. The van der Waals surface area contributed by atoms with Crippen LogP contribution < -0.4 is 16.6 Å².